The Hall–Kier alpha value is -1.04. The average molecular weight is 228 g/mol. The van der Waals surface area contributed by atoms with Gasteiger partial charge in [0.1, 0.15) is 0 Å². The quantitative estimate of drug-likeness (QED) is 0.655. The highest BCUT2D eigenvalue weighted by Crippen LogP contribution is 2.32. The van der Waals surface area contributed by atoms with E-state index in [0.717, 1.165) is 11.8 Å². The van der Waals surface area contributed by atoms with Crippen LogP contribution in [0.25, 0.3) is 6.08 Å². The van der Waals surface area contributed by atoms with Crippen molar-refractivity contribution in [2.45, 2.75) is 45.4 Å². The molecule has 17 heavy (non-hydrogen) atoms. The van der Waals surface area contributed by atoms with Crippen molar-refractivity contribution in [3.05, 3.63) is 42.0 Å². The van der Waals surface area contributed by atoms with Crippen LogP contribution >= 0.6 is 0 Å². The Morgan fingerprint density at radius 1 is 1.06 bits per heavy atom. The molecule has 0 amide bonds. The second kappa shape index (κ2) is 6.64. The molecule has 2 rings (SSSR count). The first-order valence-electron chi connectivity index (χ1n) is 7.11. The molecule has 0 spiro atoms. The Labute approximate surface area is 106 Å². The molecule has 0 unspecified atom stereocenters. The molecule has 0 radical (unpaired) electrons. The van der Waals surface area contributed by atoms with E-state index >= 15 is 0 Å². The standard InChI is InChI=1S/C17H24/c1-2-6-15-9-12-17(13-10-15)14-11-16-7-4-3-5-8-16/h3-5,7-8,11,14-15,17H,2,6,9-10,12-13H2,1H3. The van der Waals surface area contributed by atoms with Crippen molar-refractivity contribution in [2.24, 2.45) is 11.8 Å². The molecule has 0 atom stereocenters. The van der Waals surface area contributed by atoms with Crippen molar-refractivity contribution >= 4 is 6.08 Å². The van der Waals surface area contributed by atoms with Crippen LogP contribution in [0.1, 0.15) is 51.0 Å². The Morgan fingerprint density at radius 2 is 1.76 bits per heavy atom. The van der Waals surface area contributed by atoms with Gasteiger partial charge >= 0.3 is 0 Å². The topological polar surface area (TPSA) is 0 Å². The van der Waals surface area contributed by atoms with Gasteiger partial charge in [0.25, 0.3) is 0 Å². The highest BCUT2D eigenvalue weighted by molar-refractivity contribution is 5.48. The molecule has 0 aromatic heterocycles. The van der Waals surface area contributed by atoms with Crippen LogP contribution in [-0.2, 0) is 0 Å². The molecule has 1 aromatic rings. The minimum atomic E-state index is 0.823. The minimum Gasteiger partial charge on any atom is -0.0808 e. The summed E-state index contributed by atoms with van der Waals surface area (Å²) >= 11 is 0. The first-order valence-corrected chi connectivity index (χ1v) is 7.11. The second-order valence-electron chi connectivity index (χ2n) is 5.34. The van der Waals surface area contributed by atoms with Gasteiger partial charge in [-0.05, 0) is 43.1 Å². The molecule has 1 aliphatic rings. The third kappa shape index (κ3) is 4.03. The predicted octanol–water partition coefficient (Wildman–Crippen LogP) is 5.31. The van der Waals surface area contributed by atoms with E-state index in [0.29, 0.717) is 0 Å². The number of hydrogen-bond donors (Lipinski definition) is 0. The van der Waals surface area contributed by atoms with Crippen LogP contribution in [0.2, 0.25) is 0 Å². The Morgan fingerprint density at radius 3 is 2.41 bits per heavy atom. The fourth-order valence-corrected chi connectivity index (χ4v) is 2.89. The van der Waals surface area contributed by atoms with Gasteiger partial charge in [-0.15, -0.1) is 0 Å². The second-order valence-corrected chi connectivity index (χ2v) is 5.34. The maximum Gasteiger partial charge on any atom is -0.0230 e. The molecule has 0 bridgehead atoms. The van der Waals surface area contributed by atoms with E-state index in [1.54, 1.807) is 0 Å². The SMILES string of the molecule is CCCC1CCC(C=Cc2ccccc2)CC1. The minimum absolute atomic E-state index is 0.823. The maximum absolute atomic E-state index is 2.43. The van der Waals surface area contributed by atoms with Crippen LogP contribution in [0.3, 0.4) is 0 Å². The Bertz CT molecular complexity index is 328. The van der Waals surface area contributed by atoms with E-state index in [4.69, 9.17) is 0 Å². The number of hydrogen-bond acceptors (Lipinski definition) is 0. The number of allylic oxidation sites excluding steroid dienone is 1. The fraction of sp³-hybridized carbons (Fsp3) is 0.529. The van der Waals surface area contributed by atoms with Gasteiger partial charge in [0.05, 0.1) is 0 Å². The van der Waals surface area contributed by atoms with E-state index in [-0.39, 0.29) is 0 Å². The lowest BCUT2D eigenvalue weighted by atomic mass is 9.80. The zero-order valence-electron chi connectivity index (χ0n) is 10.9. The predicted molar refractivity (Wildman–Crippen MR) is 75.8 cm³/mol. The summed E-state index contributed by atoms with van der Waals surface area (Å²) in [7, 11) is 0. The van der Waals surface area contributed by atoms with E-state index in [9.17, 15) is 0 Å². The van der Waals surface area contributed by atoms with Crippen molar-refractivity contribution in [1.29, 1.82) is 0 Å². The average Bonchev–Trinajstić information content (AvgIpc) is 2.40. The van der Waals surface area contributed by atoms with E-state index in [1.165, 1.54) is 44.1 Å². The zero-order valence-corrected chi connectivity index (χ0v) is 10.9. The van der Waals surface area contributed by atoms with Crippen LogP contribution in [0.15, 0.2) is 36.4 Å². The van der Waals surface area contributed by atoms with Gasteiger partial charge in [0.2, 0.25) is 0 Å². The largest absolute Gasteiger partial charge is 0.0808 e. The first kappa shape index (κ1) is 12.4. The third-order valence-corrected chi connectivity index (χ3v) is 3.95. The first-order chi connectivity index (χ1) is 8.38. The zero-order chi connectivity index (χ0) is 11.9. The summed E-state index contributed by atoms with van der Waals surface area (Å²) in [6.07, 6.45) is 13.2. The molecule has 0 heterocycles. The van der Waals surface area contributed by atoms with Gasteiger partial charge in [-0.2, -0.15) is 0 Å². The summed E-state index contributed by atoms with van der Waals surface area (Å²) in [6, 6.07) is 10.7. The van der Waals surface area contributed by atoms with Crippen LogP contribution in [-0.4, -0.2) is 0 Å². The van der Waals surface area contributed by atoms with Crippen LogP contribution in [0.5, 0.6) is 0 Å². The summed E-state index contributed by atoms with van der Waals surface area (Å²) in [6.45, 7) is 2.31. The van der Waals surface area contributed by atoms with Crippen molar-refractivity contribution in [3.8, 4) is 0 Å². The molecule has 1 aliphatic carbocycles. The van der Waals surface area contributed by atoms with Gasteiger partial charge in [-0.1, -0.05) is 62.2 Å². The molecule has 0 nitrogen and oxygen atoms in total. The number of benzene rings is 1. The normalized spacial score (nSPS) is 25.2. The summed E-state index contributed by atoms with van der Waals surface area (Å²) in [4.78, 5) is 0. The highest BCUT2D eigenvalue weighted by atomic mass is 14.2. The Kier molecular flexibility index (Phi) is 4.85. The lowest BCUT2D eigenvalue weighted by Crippen LogP contribution is -2.12. The van der Waals surface area contributed by atoms with Crippen molar-refractivity contribution < 1.29 is 0 Å². The maximum atomic E-state index is 2.43. The van der Waals surface area contributed by atoms with Gasteiger partial charge in [0.15, 0.2) is 0 Å². The van der Waals surface area contributed by atoms with Gasteiger partial charge in [-0.3, -0.25) is 0 Å². The van der Waals surface area contributed by atoms with Crippen molar-refractivity contribution in [1.82, 2.24) is 0 Å². The molecular formula is C17H24. The van der Waals surface area contributed by atoms with Gasteiger partial charge in [-0.25, -0.2) is 0 Å². The van der Waals surface area contributed by atoms with Crippen molar-refractivity contribution in [3.63, 3.8) is 0 Å². The lowest BCUT2D eigenvalue weighted by Gasteiger charge is -2.26. The molecule has 0 saturated heterocycles. The van der Waals surface area contributed by atoms with Gasteiger partial charge in [0, 0.05) is 0 Å². The molecule has 1 aromatic carbocycles. The van der Waals surface area contributed by atoms with Gasteiger partial charge < -0.3 is 0 Å². The molecule has 92 valence electrons. The third-order valence-electron chi connectivity index (χ3n) is 3.95. The van der Waals surface area contributed by atoms with Crippen LogP contribution in [0.4, 0.5) is 0 Å². The summed E-state index contributed by atoms with van der Waals surface area (Å²) in [5.74, 6) is 1.84. The van der Waals surface area contributed by atoms with Crippen LogP contribution < -0.4 is 0 Å². The lowest BCUT2D eigenvalue weighted by molar-refractivity contribution is 0.295. The molecule has 1 fully saturated rings. The Balaban J connectivity index is 1.80. The monoisotopic (exact) mass is 228 g/mol. The molecule has 0 aliphatic heterocycles. The van der Waals surface area contributed by atoms with E-state index in [1.807, 2.05) is 0 Å². The summed E-state index contributed by atoms with van der Waals surface area (Å²) in [5, 5.41) is 0. The van der Waals surface area contributed by atoms with Crippen molar-refractivity contribution in [2.75, 3.05) is 0 Å². The van der Waals surface area contributed by atoms with E-state index in [2.05, 4.69) is 49.4 Å². The molecule has 0 heteroatoms. The smallest absolute Gasteiger partial charge is 0.0230 e. The van der Waals surface area contributed by atoms with Crippen LogP contribution in [0, 0.1) is 11.8 Å². The highest BCUT2D eigenvalue weighted by Gasteiger charge is 2.18. The molecule has 0 N–H and O–H groups in total. The summed E-state index contributed by atoms with van der Waals surface area (Å²) < 4.78 is 0. The molecular weight excluding hydrogens is 204 g/mol. The summed E-state index contributed by atoms with van der Waals surface area (Å²) in [5.41, 5.74) is 1.34. The molecule has 1 saturated carbocycles. The van der Waals surface area contributed by atoms with E-state index < -0.39 is 0 Å². The fourth-order valence-electron chi connectivity index (χ4n) is 2.89. The number of rotatable bonds is 4.